The molecule has 1 unspecified atom stereocenters. The molecule has 1 aromatic rings. The van der Waals surface area contributed by atoms with E-state index in [9.17, 15) is 21.6 Å². The van der Waals surface area contributed by atoms with E-state index in [4.69, 9.17) is 0 Å². The summed E-state index contributed by atoms with van der Waals surface area (Å²) in [6.45, 7) is 0. The van der Waals surface area contributed by atoms with Gasteiger partial charge in [-0.05, 0) is 12.1 Å². The van der Waals surface area contributed by atoms with Gasteiger partial charge in [0.25, 0.3) is 0 Å². The van der Waals surface area contributed by atoms with E-state index in [-0.39, 0.29) is 4.90 Å². The van der Waals surface area contributed by atoms with Crippen LogP contribution in [0, 0.1) is 0 Å². The standard InChI is InChI=1S/C10H9F3N2O2S/c11-10(12,13)8-6-9(15-14-8)18(16,17)7-4-2-1-3-5-7/h1-5,8,14H,6H2. The van der Waals surface area contributed by atoms with Crippen molar-refractivity contribution in [3.63, 3.8) is 0 Å². The van der Waals surface area contributed by atoms with Crippen LogP contribution in [0.1, 0.15) is 6.42 Å². The van der Waals surface area contributed by atoms with Gasteiger partial charge in [-0.1, -0.05) is 18.2 Å². The number of hydrogen-bond acceptors (Lipinski definition) is 4. The molecule has 4 nitrogen and oxygen atoms in total. The molecule has 0 aliphatic carbocycles. The van der Waals surface area contributed by atoms with Crippen molar-refractivity contribution in [3.8, 4) is 0 Å². The summed E-state index contributed by atoms with van der Waals surface area (Å²) < 4.78 is 61.1. The Morgan fingerprint density at radius 1 is 1.22 bits per heavy atom. The second kappa shape index (κ2) is 4.27. The van der Waals surface area contributed by atoms with E-state index in [0.29, 0.717) is 0 Å². The highest BCUT2D eigenvalue weighted by Gasteiger charge is 2.45. The number of halogens is 3. The smallest absolute Gasteiger partial charge is 0.296 e. The summed E-state index contributed by atoms with van der Waals surface area (Å²) in [6.07, 6.45) is -5.20. The van der Waals surface area contributed by atoms with E-state index < -0.39 is 33.5 Å². The Bertz CT molecular complexity index is 567. The molecule has 1 aliphatic heterocycles. The van der Waals surface area contributed by atoms with Crippen LogP contribution in [0.3, 0.4) is 0 Å². The Morgan fingerprint density at radius 2 is 1.83 bits per heavy atom. The highest BCUT2D eigenvalue weighted by Crippen LogP contribution is 2.28. The molecule has 2 rings (SSSR count). The average molecular weight is 278 g/mol. The van der Waals surface area contributed by atoms with Crippen LogP contribution in [0.15, 0.2) is 40.3 Å². The Balaban J connectivity index is 2.25. The Morgan fingerprint density at radius 3 is 2.33 bits per heavy atom. The highest BCUT2D eigenvalue weighted by atomic mass is 32.2. The lowest BCUT2D eigenvalue weighted by Gasteiger charge is -2.13. The topological polar surface area (TPSA) is 58.5 Å². The van der Waals surface area contributed by atoms with Crippen LogP contribution >= 0.6 is 0 Å². The molecule has 1 N–H and O–H groups in total. The van der Waals surface area contributed by atoms with Gasteiger partial charge in [0.05, 0.1) is 4.90 Å². The third-order valence-electron chi connectivity index (χ3n) is 2.48. The highest BCUT2D eigenvalue weighted by molar-refractivity contribution is 8.06. The third-order valence-corrected chi connectivity index (χ3v) is 4.25. The zero-order valence-electron chi connectivity index (χ0n) is 8.98. The minimum Gasteiger partial charge on any atom is -0.296 e. The molecule has 0 aromatic heterocycles. The number of sulfone groups is 1. The van der Waals surface area contributed by atoms with Gasteiger partial charge in [-0.3, -0.25) is 5.43 Å². The molecule has 0 spiro atoms. The van der Waals surface area contributed by atoms with Crippen LogP contribution in [0.25, 0.3) is 0 Å². The zero-order valence-corrected chi connectivity index (χ0v) is 9.79. The van der Waals surface area contributed by atoms with Crippen LogP contribution in [-0.4, -0.2) is 25.7 Å². The van der Waals surface area contributed by atoms with Crippen molar-refractivity contribution in [1.29, 1.82) is 0 Å². The first-order valence-electron chi connectivity index (χ1n) is 5.01. The minimum absolute atomic E-state index is 0.0617. The summed E-state index contributed by atoms with van der Waals surface area (Å²) in [5.74, 6) is 0. The van der Waals surface area contributed by atoms with Gasteiger partial charge in [0, 0.05) is 6.42 Å². The van der Waals surface area contributed by atoms with E-state index in [0.717, 1.165) is 0 Å². The van der Waals surface area contributed by atoms with Crippen molar-refractivity contribution in [1.82, 2.24) is 5.43 Å². The molecule has 0 saturated carbocycles. The molecule has 1 aliphatic rings. The van der Waals surface area contributed by atoms with Crippen LogP contribution in [0.2, 0.25) is 0 Å². The maximum absolute atomic E-state index is 12.4. The summed E-state index contributed by atoms with van der Waals surface area (Å²) in [5, 5.41) is 2.80. The predicted octanol–water partition coefficient (Wildman–Crippen LogP) is 1.70. The molecule has 0 amide bonds. The van der Waals surface area contributed by atoms with E-state index in [1.165, 1.54) is 24.3 Å². The molecule has 8 heteroatoms. The quantitative estimate of drug-likeness (QED) is 0.850. The van der Waals surface area contributed by atoms with Gasteiger partial charge in [-0.2, -0.15) is 18.3 Å². The summed E-state index contributed by atoms with van der Waals surface area (Å²) in [7, 11) is -3.94. The van der Waals surface area contributed by atoms with Gasteiger partial charge in [-0.25, -0.2) is 8.42 Å². The summed E-state index contributed by atoms with van der Waals surface area (Å²) in [6, 6.07) is 5.31. The lowest BCUT2D eigenvalue weighted by molar-refractivity contribution is -0.151. The van der Waals surface area contributed by atoms with Crippen molar-refractivity contribution in [3.05, 3.63) is 30.3 Å². The van der Waals surface area contributed by atoms with Gasteiger partial charge in [0.2, 0.25) is 9.84 Å². The minimum atomic E-state index is -4.52. The molecule has 98 valence electrons. The maximum Gasteiger partial charge on any atom is 0.410 e. The van der Waals surface area contributed by atoms with Crippen molar-refractivity contribution >= 4 is 14.9 Å². The average Bonchev–Trinajstić information content (AvgIpc) is 2.79. The monoisotopic (exact) mass is 278 g/mol. The number of nitrogens with one attached hydrogen (secondary N) is 1. The maximum atomic E-state index is 12.4. The first kappa shape index (κ1) is 12.9. The third kappa shape index (κ3) is 2.33. The number of rotatable bonds is 1. The number of hydrazone groups is 1. The number of hydrogen-bond donors (Lipinski definition) is 1. The first-order valence-corrected chi connectivity index (χ1v) is 6.49. The lowest BCUT2D eigenvalue weighted by atomic mass is 10.2. The molecule has 0 saturated heterocycles. The zero-order chi connectivity index (χ0) is 13.4. The van der Waals surface area contributed by atoms with E-state index in [2.05, 4.69) is 5.10 Å². The fraction of sp³-hybridized carbons (Fsp3) is 0.300. The summed E-state index contributed by atoms with van der Waals surface area (Å²) in [4.78, 5) is -0.0617. The Labute approximate surface area is 101 Å². The molecule has 0 radical (unpaired) electrons. The Kier molecular flexibility index (Phi) is 3.05. The molecule has 1 atom stereocenters. The summed E-state index contributed by atoms with van der Waals surface area (Å²) in [5.41, 5.74) is 1.81. The van der Waals surface area contributed by atoms with Gasteiger partial charge in [-0.15, -0.1) is 0 Å². The lowest BCUT2D eigenvalue weighted by Crippen LogP contribution is -2.36. The Hall–Kier alpha value is -1.57. The normalized spacial score (nSPS) is 20.4. The number of nitrogens with zero attached hydrogens (tertiary/aromatic N) is 1. The molecular formula is C10H9F3N2O2S. The molecule has 1 aromatic carbocycles. The number of benzene rings is 1. The van der Waals surface area contributed by atoms with Crippen molar-refractivity contribution in [2.24, 2.45) is 5.10 Å². The fourth-order valence-corrected chi connectivity index (χ4v) is 2.86. The van der Waals surface area contributed by atoms with Crippen LogP contribution in [-0.2, 0) is 9.84 Å². The van der Waals surface area contributed by atoms with Gasteiger partial charge >= 0.3 is 6.18 Å². The van der Waals surface area contributed by atoms with E-state index in [1.54, 1.807) is 11.5 Å². The first-order chi connectivity index (χ1) is 8.32. The summed E-state index contributed by atoms with van der Waals surface area (Å²) >= 11 is 0. The van der Waals surface area contributed by atoms with Gasteiger partial charge < -0.3 is 0 Å². The van der Waals surface area contributed by atoms with Crippen LogP contribution in [0.5, 0.6) is 0 Å². The van der Waals surface area contributed by atoms with Crippen LogP contribution < -0.4 is 5.43 Å². The van der Waals surface area contributed by atoms with E-state index in [1.807, 2.05) is 0 Å². The van der Waals surface area contributed by atoms with Crippen molar-refractivity contribution in [2.75, 3.05) is 0 Å². The predicted molar refractivity (Wildman–Crippen MR) is 58.7 cm³/mol. The fourth-order valence-electron chi connectivity index (χ4n) is 1.51. The van der Waals surface area contributed by atoms with Gasteiger partial charge in [0.15, 0.2) is 5.04 Å². The largest absolute Gasteiger partial charge is 0.410 e. The number of alkyl halides is 3. The molecule has 0 bridgehead atoms. The van der Waals surface area contributed by atoms with Gasteiger partial charge in [0.1, 0.15) is 6.04 Å². The van der Waals surface area contributed by atoms with E-state index >= 15 is 0 Å². The van der Waals surface area contributed by atoms with Crippen molar-refractivity contribution < 1.29 is 21.6 Å². The second-order valence-electron chi connectivity index (χ2n) is 3.75. The molecule has 1 heterocycles. The second-order valence-corrected chi connectivity index (χ2v) is 5.70. The molecule has 0 fully saturated rings. The SMILES string of the molecule is O=S(=O)(C1=NNC(C(F)(F)F)C1)c1ccccc1. The molecule has 18 heavy (non-hydrogen) atoms. The molecular weight excluding hydrogens is 269 g/mol. The van der Waals surface area contributed by atoms with Crippen LogP contribution in [0.4, 0.5) is 13.2 Å². The van der Waals surface area contributed by atoms with Crippen molar-refractivity contribution in [2.45, 2.75) is 23.5 Å².